The SMILES string of the molecule is CCCNc1nc(N2CCN(CC)C(C)C2)c(Cl)cc1Cl. The standard InChI is InChI=1S/C15H24Cl2N4/c1-4-6-18-14-12(16)9-13(17)15(19-14)21-8-7-20(5-2)11(3)10-21/h9,11H,4-8,10H2,1-3H3,(H,18,19). The Balaban J connectivity index is 2.19. The Bertz CT molecular complexity index is 481. The lowest BCUT2D eigenvalue weighted by atomic mass is 10.2. The van der Waals surface area contributed by atoms with Crippen molar-refractivity contribution in [3.63, 3.8) is 0 Å². The molecule has 2 heterocycles. The highest BCUT2D eigenvalue weighted by molar-refractivity contribution is 6.37. The monoisotopic (exact) mass is 330 g/mol. The Morgan fingerprint density at radius 2 is 2.05 bits per heavy atom. The lowest BCUT2D eigenvalue weighted by Crippen LogP contribution is -2.52. The molecule has 1 aromatic rings. The number of hydrogen-bond donors (Lipinski definition) is 1. The number of likely N-dealkylation sites (N-methyl/N-ethyl adjacent to an activating group) is 1. The van der Waals surface area contributed by atoms with E-state index in [2.05, 4.69) is 40.9 Å². The van der Waals surface area contributed by atoms with Gasteiger partial charge in [-0.2, -0.15) is 0 Å². The summed E-state index contributed by atoms with van der Waals surface area (Å²) < 4.78 is 0. The third-order valence-corrected chi connectivity index (χ3v) is 4.49. The van der Waals surface area contributed by atoms with E-state index in [1.165, 1.54) is 0 Å². The Kier molecular flexibility index (Phi) is 5.97. The van der Waals surface area contributed by atoms with E-state index < -0.39 is 0 Å². The van der Waals surface area contributed by atoms with E-state index in [0.29, 0.717) is 16.1 Å². The van der Waals surface area contributed by atoms with Gasteiger partial charge in [-0.05, 0) is 26.0 Å². The number of piperazine rings is 1. The summed E-state index contributed by atoms with van der Waals surface area (Å²) in [7, 11) is 0. The van der Waals surface area contributed by atoms with Crippen LogP contribution in [-0.2, 0) is 0 Å². The second-order valence-electron chi connectivity index (χ2n) is 5.47. The molecule has 118 valence electrons. The van der Waals surface area contributed by atoms with Crippen LogP contribution >= 0.6 is 23.2 Å². The van der Waals surface area contributed by atoms with Crippen molar-refractivity contribution >= 4 is 34.8 Å². The molecule has 0 aliphatic carbocycles. The molecular formula is C15H24Cl2N4. The minimum Gasteiger partial charge on any atom is -0.369 e. The van der Waals surface area contributed by atoms with Gasteiger partial charge in [0.2, 0.25) is 0 Å². The fourth-order valence-electron chi connectivity index (χ4n) is 2.70. The summed E-state index contributed by atoms with van der Waals surface area (Å²) in [6.45, 7) is 11.4. The topological polar surface area (TPSA) is 31.4 Å². The lowest BCUT2D eigenvalue weighted by molar-refractivity contribution is 0.199. The molecule has 1 fully saturated rings. The Hall–Kier alpha value is -0.710. The van der Waals surface area contributed by atoms with E-state index in [4.69, 9.17) is 23.2 Å². The van der Waals surface area contributed by atoms with Crippen molar-refractivity contribution < 1.29 is 0 Å². The zero-order valence-corrected chi connectivity index (χ0v) is 14.5. The summed E-state index contributed by atoms with van der Waals surface area (Å²) >= 11 is 12.6. The third kappa shape index (κ3) is 3.93. The third-order valence-electron chi connectivity index (χ3n) is 3.92. The average molecular weight is 331 g/mol. The van der Waals surface area contributed by atoms with Gasteiger partial charge in [0.1, 0.15) is 11.6 Å². The smallest absolute Gasteiger partial charge is 0.150 e. The number of rotatable bonds is 5. The highest BCUT2D eigenvalue weighted by atomic mass is 35.5. The molecule has 1 aliphatic heterocycles. The second-order valence-corrected chi connectivity index (χ2v) is 6.29. The van der Waals surface area contributed by atoms with Gasteiger partial charge in [0.05, 0.1) is 10.0 Å². The minimum atomic E-state index is 0.504. The van der Waals surface area contributed by atoms with Gasteiger partial charge in [-0.15, -0.1) is 0 Å². The molecule has 1 atom stereocenters. The predicted octanol–water partition coefficient (Wildman–Crippen LogP) is 3.74. The minimum absolute atomic E-state index is 0.504. The van der Waals surface area contributed by atoms with Crippen LogP contribution in [0.25, 0.3) is 0 Å². The summed E-state index contributed by atoms with van der Waals surface area (Å²) in [6, 6.07) is 2.30. The summed E-state index contributed by atoms with van der Waals surface area (Å²) in [5.41, 5.74) is 0. The highest BCUT2D eigenvalue weighted by Gasteiger charge is 2.25. The van der Waals surface area contributed by atoms with Crippen LogP contribution in [0.2, 0.25) is 10.0 Å². The summed E-state index contributed by atoms with van der Waals surface area (Å²) in [6.07, 6.45) is 1.03. The lowest BCUT2D eigenvalue weighted by Gasteiger charge is -2.40. The van der Waals surface area contributed by atoms with Gasteiger partial charge in [-0.3, -0.25) is 4.90 Å². The van der Waals surface area contributed by atoms with Crippen molar-refractivity contribution in [2.75, 3.05) is 42.9 Å². The molecule has 1 N–H and O–H groups in total. The second kappa shape index (κ2) is 7.52. The van der Waals surface area contributed by atoms with Crippen LogP contribution < -0.4 is 10.2 Å². The van der Waals surface area contributed by atoms with E-state index >= 15 is 0 Å². The Morgan fingerprint density at radius 3 is 2.67 bits per heavy atom. The first-order chi connectivity index (χ1) is 10.1. The largest absolute Gasteiger partial charge is 0.369 e. The molecule has 6 heteroatoms. The maximum Gasteiger partial charge on any atom is 0.150 e. The maximum atomic E-state index is 6.36. The highest BCUT2D eigenvalue weighted by Crippen LogP contribution is 2.32. The molecule has 1 aromatic heterocycles. The normalized spacial score (nSPS) is 19.9. The summed E-state index contributed by atoms with van der Waals surface area (Å²) in [5.74, 6) is 1.56. The van der Waals surface area contributed by atoms with Crippen molar-refractivity contribution in [2.45, 2.75) is 33.2 Å². The van der Waals surface area contributed by atoms with E-state index in [-0.39, 0.29) is 0 Å². The van der Waals surface area contributed by atoms with Gasteiger partial charge in [0.25, 0.3) is 0 Å². The molecule has 2 rings (SSSR count). The molecule has 0 spiro atoms. The molecule has 1 unspecified atom stereocenters. The van der Waals surface area contributed by atoms with E-state index in [1.54, 1.807) is 6.07 Å². The van der Waals surface area contributed by atoms with Crippen LogP contribution in [0.15, 0.2) is 6.07 Å². The molecule has 0 saturated carbocycles. The number of pyridine rings is 1. The molecule has 0 bridgehead atoms. The number of aromatic nitrogens is 1. The van der Waals surface area contributed by atoms with Crippen molar-refractivity contribution in [2.24, 2.45) is 0 Å². The molecule has 0 aromatic carbocycles. The van der Waals surface area contributed by atoms with E-state index in [1.807, 2.05) is 0 Å². The fraction of sp³-hybridized carbons (Fsp3) is 0.667. The van der Waals surface area contributed by atoms with Crippen molar-refractivity contribution in [3.8, 4) is 0 Å². The Labute approximate surface area is 137 Å². The molecule has 1 saturated heterocycles. The first-order valence-corrected chi connectivity index (χ1v) is 8.41. The number of nitrogens with zero attached hydrogens (tertiary/aromatic N) is 3. The zero-order valence-electron chi connectivity index (χ0n) is 13.0. The quantitative estimate of drug-likeness (QED) is 0.891. The average Bonchev–Trinajstić information content (AvgIpc) is 2.46. The van der Waals surface area contributed by atoms with Crippen LogP contribution in [0.4, 0.5) is 11.6 Å². The molecule has 0 amide bonds. The first kappa shape index (κ1) is 16.7. The fourth-order valence-corrected chi connectivity index (χ4v) is 3.25. The first-order valence-electron chi connectivity index (χ1n) is 7.65. The van der Waals surface area contributed by atoms with Gasteiger partial charge < -0.3 is 10.2 Å². The van der Waals surface area contributed by atoms with E-state index in [0.717, 1.165) is 50.8 Å². The van der Waals surface area contributed by atoms with Crippen LogP contribution in [0, 0.1) is 0 Å². The van der Waals surface area contributed by atoms with Gasteiger partial charge in [-0.1, -0.05) is 37.0 Å². The maximum absolute atomic E-state index is 6.36. The molecule has 4 nitrogen and oxygen atoms in total. The van der Waals surface area contributed by atoms with Gasteiger partial charge >= 0.3 is 0 Å². The Morgan fingerprint density at radius 1 is 1.29 bits per heavy atom. The van der Waals surface area contributed by atoms with Crippen molar-refractivity contribution in [1.29, 1.82) is 0 Å². The molecular weight excluding hydrogens is 307 g/mol. The van der Waals surface area contributed by atoms with Crippen LogP contribution in [0.3, 0.4) is 0 Å². The molecule has 0 radical (unpaired) electrons. The number of halogens is 2. The van der Waals surface area contributed by atoms with E-state index in [9.17, 15) is 0 Å². The van der Waals surface area contributed by atoms with Gasteiger partial charge in [-0.25, -0.2) is 4.98 Å². The van der Waals surface area contributed by atoms with Gasteiger partial charge in [0, 0.05) is 32.2 Å². The summed E-state index contributed by atoms with van der Waals surface area (Å²) in [4.78, 5) is 9.38. The van der Waals surface area contributed by atoms with Crippen LogP contribution in [-0.4, -0.2) is 48.6 Å². The van der Waals surface area contributed by atoms with Crippen molar-refractivity contribution in [1.82, 2.24) is 9.88 Å². The molecule has 1 aliphatic rings. The van der Waals surface area contributed by atoms with Crippen molar-refractivity contribution in [3.05, 3.63) is 16.1 Å². The number of hydrogen-bond acceptors (Lipinski definition) is 4. The molecule has 21 heavy (non-hydrogen) atoms. The number of anilines is 2. The van der Waals surface area contributed by atoms with Gasteiger partial charge in [0.15, 0.2) is 0 Å². The van der Waals surface area contributed by atoms with Crippen LogP contribution in [0.1, 0.15) is 27.2 Å². The predicted molar refractivity (Wildman–Crippen MR) is 92.0 cm³/mol. The number of nitrogens with one attached hydrogen (secondary N) is 1. The van der Waals surface area contributed by atoms with Crippen LogP contribution in [0.5, 0.6) is 0 Å². The summed E-state index contributed by atoms with van der Waals surface area (Å²) in [5, 5.41) is 4.47. The zero-order chi connectivity index (χ0) is 15.4.